The monoisotopic (exact) mass is 339 g/mol. The Kier molecular flexibility index (Phi) is 4.58. The third kappa shape index (κ3) is 3.47. The fourth-order valence-electron chi connectivity index (χ4n) is 3.32. The van der Waals surface area contributed by atoms with Crippen LogP contribution in [0.2, 0.25) is 0 Å². The smallest absolute Gasteiger partial charge is 0.155 e. The molecule has 0 bridgehead atoms. The topological polar surface area (TPSA) is 64.8 Å². The van der Waals surface area contributed by atoms with E-state index in [1.807, 2.05) is 24.5 Å². The standard InChI is InChI=1S/C18H21N5O2/c1-24-17-7-14(13-25-16-3-2-4-19-9-16)22(12-17)11-15-8-21-18-10-20-5-6-23(15)18/h2-6,8-10,14,17H,7,11-13H2,1H3/t14-,17+/m0/s1. The van der Waals surface area contributed by atoms with E-state index in [2.05, 4.69) is 24.3 Å². The molecule has 0 spiro atoms. The van der Waals surface area contributed by atoms with E-state index in [0.717, 1.165) is 36.6 Å². The van der Waals surface area contributed by atoms with Crippen molar-refractivity contribution in [3.63, 3.8) is 0 Å². The van der Waals surface area contributed by atoms with E-state index in [1.165, 1.54) is 0 Å². The molecule has 0 N–H and O–H groups in total. The maximum atomic E-state index is 5.93. The fourth-order valence-corrected chi connectivity index (χ4v) is 3.32. The van der Waals surface area contributed by atoms with E-state index < -0.39 is 0 Å². The third-order valence-corrected chi connectivity index (χ3v) is 4.66. The lowest BCUT2D eigenvalue weighted by Crippen LogP contribution is -2.34. The molecule has 25 heavy (non-hydrogen) atoms. The van der Waals surface area contributed by atoms with Gasteiger partial charge in [-0.3, -0.25) is 19.3 Å². The van der Waals surface area contributed by atoms with Gasteiger partial charge >= 0.3 is 0 Å². The molecule has 3 aromatic rings. The van der Waals surface area contributed by atoms with Gasteiger partial charge in [-0.05, 0) is 18.6 Å². The van der Waals surface area contributed by atoms with E-state index >= 15 is 0 Å². The summed E-state index contributed by atoms with van der Waals surface area (Å²) >= 11 is 0. The Balaban J connectivity index is 1.47. The van der Waals surface area contributed by atoms with Crippen molar-refractivity contribution in [3.8, 4) is 5.75 Å². The minimum absolute atomic E-state index is 0.225. The van der Waals surface area contributed by atoms with Gasteiger partial charge in [-0.25, -0.2) is 4.98 Å². The molecule has 0 radical (unpaired) electrons. The second kappa shape index (κ2) is 7.16. The molecular weight excluding hydrogens is 318 g/mol. The molecule has 7 heteroatoms. The summed E-state index contributed by atoms with van der Waals surface area (Å²) in [6, 6.07) is 4.10. The SMILES string of the molecule is CO[C@@H]1C[C@@H](COc2cccnc2)N(Cc2cnc3cnccn23)C1. The average molecular weight is 339 g/mol. The molecule has 3 aromatic heterocycles. The zero-order valence-electron chi connectivity index (χ0n) is 14.2. The van der Waals surface area contributed by atoms with Crippen LogP contribution in [0.4, 0.5) is 0 Å². The molecule has 130 valence electrons. The summed E-state index contributed by atoms with van der Waals surface area (Å²) < 4.78 is 13.6. The van der Waals surface area contributed by atoms with Crippen LogP contribution in [0.3, 0.4) is 0 Å². The van der Waals surface area contributed by atoms with Crippen molar-refractivity contribution in [1.82, 2.24) is 24.3 Å². The van der Waals surface area contributed by atoms with Crippen molar-refractivity contribution in [2.75, 3.05) is 20.3 Å². The van der Waals surface area contributed by atoms with Gasteiger partial charge in [0.1, 0.15) is 12.4 Å². The number of hydrogen-bond donors (Lipinski definition) is 0. The van der Waals surface area contributed by atoms with Crippen LogP contribution in [-0.2, 0) is 11.3 Å². The molecule has 1 aliphatic heterocycles. The highest BCUT2D eigenvalue weighted by molar-refractivity contribution is 5.36. The first kappa shape index (κ1) is 16.0. The molecule has 7 nitrogen and oxygen atoms in total. The van der Waals surface area contributed by atoms with Crippen LogP contribution in [0, 0.1) is 0 Å². The Bertz CT molecular complexity index is 822. The van der Waals surface area contributed by atoms with Gasteiger partial charge in [0.25, 0.3) is 0 Å². The molecule has 0 saturated carbocycles. The number of methoxy groups -OCH3 is 1. The predicted octanol–water partition coefficient (Wildman–Crippen LogP) is 1.79. The van der Waals surface area contributed by atoms with E-state index in [4.69, 9.17) is 9.47 Å². The summed E-state index contributed by atoms with van der Waals surface area (Å²) in [4.78, 5) is 15.0. The lowest BCUT2D eigenvalue weighted by molar-refractivity contribution is 0.107. The molecule has 0 amide bonds. The molecule has 4 rings (SSSR count). The van der Waals surface area contributed by atoms with E-state index in [1.54, 1.807) is 31.9 Å². The molecule has 2 atom stereocenters. The van der Waals surface area contributed by atoms with Crippen molar-refractivity contribution in [2.45, 2.75) is 25.1 Å². The van der Waals surface area contributed by atoms with Crippen LogP contribution in [0.5, 0.6) is 5.75 Å². The fraction of sp³-hybridized carbons (Fsp3) is 0.389. The first-order valence-electron chi connectivity index (χ1n) is 8.39. The number of rotatable bonds is 6. The number of hydrogen-bond acceptors (Lipinski definition) is 6. The summed E-state index contributed by atoms with van der Waals surface area (Å²) in [6.07, 6.45) is 12.1. The van der Waals surface area contributed by atoms with Gasteiger partial charge in [0.05, 0.1) is 30.4 Å². The van der Waals surface area contributed by atoms with E-state index in [9.17, 15) is 0 Å². The van der Waals surface area contributed by atoms with Crippen LogP contribution in [0.25, 0.3) is 5.65 Å². The maximum Gasteiger partial charge on any atom is 0.155 e. The second-order valence-corrected chi connectivity index (χ2v) is 6.23. The highest BCUT2D eigenvalue weighted by atomic mass is 16.5. The summed E-state index contributed by atoms with van der Waals surface area (Å²) in [5.41, 5.74) is 2.00. The van der Waals surface area contributed by atoms with Gasteiger partial charge < -0.3 is 9.47 Å². The Hall–Kier alpha value is -2.51. The van der Waals surface area contributed by atoms with Crippen LogP contribution < -0.4 is 4.74 Å². The lowest BCUT2D eigenvalue weighted by atomic mass is 10.2. The molecule has 0 aliphatic carbocycles. The highest BCUT2D eigenvalue weighted by Gasteiger charge is 2.33. The normalized spacial score (nSPS) is 21.0. The van der Waals surface area contributed by atoms with Crippen LogP contribution >= 0.6 is 0 Å². The van der Waals surface area contributed by atoms with Crippen molar-refractivity contribution in [2.24, 2.45) is 0 Å². The van der Waals surface area contributed by atoms with Gasteiger partial charge in [0, 0.05) is 44.8 Å². The molecule has 4 heterocycles. The van der Waals surface area contributed by atoms with Crippen molar-refractivity contribution in [1.29, 1.82) is 0 Å². The minimum atomic E-state index is 0.225. The molecule has 1 fully saturated rings. The first-order valence-corrected chi connectivity index (χ1v) is 8.39. The lowest BCUT2D eigenvalue weighted by Gasteiger charge is -2.23. The Labute approximate surface area is 146 Å². The van der Waals surface area contributed by atoms with Gasteiger partial charge in [0.2, 0.25) is 0 Å². The Morgan fingerprint density at radius 1 is 1.20 bits per heavy atom. The average Bonchev–Trinajstić information content (AvgIpc) is 3.25. The van der Waals surface area contributed by atoms with Crippen molar-refractivity contribution in [3.05, 3.63) is 55.0 Å². The Morgan fingerprint density at radius 2 is 2.12 bits per heavy atom. The van der Waals surface area contributed by atoms with Gasteiger partial charge in [0.15, 0.2) is 5.65 Å². The second-order valence-electron chi connectivity index (χ2n) is 6.23. The summed E-state index contributed by atoms with van der Waals surface area (Å²) in [5, 5.41) is 0. The minimum Gasteiger partial charge on any atom is -0.490 e. The number of likely N-dealkylation sites (tertiary alicyclic amines) is 1. The Morgan fingerprint density at radius 3 is 2.96 bits per heavy atom. The highest BCUT2D eigenvalue weighted by Crippen LogP contribution is 2.23. The predicted molar refractivity (Wildman–Crippen MR) is 92.3 cm³/mol. The molecule has 1 aliphatic rings. The van der Waals surface area contributed by atoms with E-state index in [0.29, 0.717) is 6.61 Å². The van der Waals surface area contributed by atoms with Crippen LogP contribution in [0.1, 0.15) is 12.1 Å². The number of fused-ring (bicyclic) bond motifs is 1. The number of ether oxygens (including phenoxy) is 2. The zero-order valence-corrected chi connectivity index (χ0v) is 14.2. The van der Waals surface area contributed by atoms with E-state index in [-0.39, 0.29) is 12.1 Å². The van der Waals surface area contributed by atoms with Gasteiger partial charge in [-0.2, -0.15) is 0 Å². The molecule has 0 aromatic carbocycles. The molecular formula is C18H21N5O2. The quantitative estimate of drug-likeness (QED) is 0.682. The zero-order chi connectivity index (χ0) is 17.1. The summed E-state index contributed by atoms with van der Waals surface area (Å²) in [5.74, 6) is 0.796. The van der Waals surface area contributed by atoms with Crippen LogP contribution in [-0.4, -0.2) is 56.7 Å². The summed E-state index contributed by atoms with van der Waals surface area (Å²) in [7, 11) is 1.77. The van der Waals surface area contributed by atoms with Gasteiger partial charge in [-0.1, -0.05) is 0 Å². The number of aromatic nitrogens is 4. The summed E-state index contributed by atoms with van der Waals surface area (Å²) in [6.45, 7) is 2.30. The molecule has 1 saturated heterocycles. The number of pyridine rings is 1. The number of imidazole rings is 1. The molecule has 0 unspecified atom stereocenters. The van der Waals surface area contributed by atoms with Crippen LogP contribution in [0.15, 0.2) is 49.3 Å². The largest absolute Gasteiger partial charge is 0.490 e. The first-order chi connectivity index (χ1) is 12.3. The number of nitrogens with zero attached hydrogens (tertiary/aromatic N) is 5. The van der Waals surface area contributed by atoms with Crippen molar-refractivity contribution >= 4 is 5.65 Å². The van der Waals surface area contributed by atoms with Crippen molar-refractivity contribution < 1.29 is 9.47 Å². The third-order valence-electron chi connectivity index (χ3n) is 4.66. The maximum absolute atomic E-state index is 5.93. The van der Waals surface area contributed by atoms with Gasteiger partial charge in [-0.15, -0.1) is 0 Å².